The minimum Gasteiger partial charge on any atom is -0.464 e. The molecule has 1 saturated heterocycles. The number of benzene rings is 1. The molecule has 12 heteroatoms. The lowest BCUT2D eigenvalue weighted by atomic mass is 9.99. The summed E-state index contributed by atoms with van der Waals surface area (Å²) < 4.78 is 38.6. The van der Waals surface area contributed by atoms with E-state index in [0.29, 0.717) is 37.0 Å². The van der Waals surface area contributed by atoms with E-state index in [4.69, 9.17) is 9.40 Å². The molecule has 5 heterocycles. The normalized spacial score (nSPS) is 15.6. The zero-order valence-corrected chi connectivity index (χ0v) is 28.0. The summed E-state index contributed by atoms with van der Waals surface area (Å²) in [6.07, 6.45) is 6.54. The van der Waals surface area contributed by atoms with Gasteiger partial charge in [0.25, 0.3) is 0 Å². The van der Waals surface area contributed by atoms with E-state index >= 15 is 8.78 Å². The second-order valence-electron chi connectivity index (χ2n) is 12.9. The van der Waals surface area contributed by atoms with E-state index in [9.17, 15) is 9.59 Å². The lowest BCUT2D eigenvalue weighted by Gasteiger charge is -2.40. The van der Waals surface area contributed by atoms with Crippen molar-refractivity contribution in [1.29, 1.82) is 0 Å². The molecule has 250 valence electrons. The Balaban J connectivity index is 1.50. The van der Waals surface area contributed by atoms with Crippen molar-refractivity contribution in [1.82, 2.24) is 29.3 Å². The molecule has 5 aromatic rings. The van der Waals surface area contributed by atoms with E-state index in [0.717, 1.165) is 16.8 Å². The number of pyridine rings is 2. The van der Waals surface area contributed by atoms with E-state index in [1.807, 2.05) is 63.7 Å². The molecule has 0 N–H and O–H groups in total. The number of hydrogen-bond donors (Lipinski definition) is 0. The number of hydrogen-bond acceptors (Lipinski definition) is 8. The number of carbonyl (C=O) groups excluding carboxylic acids is 1. The predicted octanol–water partition coefficient (Wildman–Crippen LogP) is 5.51. The Kier molecular flexibility index (Phi) is 9.11. The summed E-state index contributed by atoms with van der Waals surface area (Å²) in [6, 6.07) is 7.36. The number of carbonyl (C=O) groups is 1. The van der Waals surface area contributed by atoms with Crippen LogP contribution in [0.4, 0.5) is 14.6 Å². The van der Waals surface area contributed by atoms with Crippen LogP contribution in [0.15, 0.2) is 64.2 Å². The van der Waals surface area contributed by atoms with Crippen LogP contribution in [-0.4, -0.2) is 81.5 Å². The molecule has 0 spiro atoms. The number of fused-ring (bicyclic) bond motifs is 2. The van der Waals surface area contributed by atoms with Gasteiger partial charge in [-0.25, -0.2) is 18.6 Å². The van der Waals surface area contributed by atoms with Crippen LogP contribution in [0, 0.1) is 18.6 Å². The standard InChI is InChI=1S/C36H39F2N7O3/c1-21(2)31-26(22(3)11-13-39-31)20-45-34-25(18-28(38)32(40-34)30-27(37)10-9-24-12-17-48-33(24)30)35(41-36(45)47)44-16-15-43(19-23(44)4)29(46)8-7-14-42(5)6/h7-13,17-18,21,23H,14-16,19-20H2,1-6H3/b8-7+/t23-/m0/s1. The van der Waals surface area contributed by atoms with Gasteiger partial charge in [0.1, 0.15) is 28.6 Å². The number of furan rings is 1. The number of anilines is 1. The minimum absolute atomic E-state index is 0.0679. The maximum absolute atomic E-state index is 16.2. The fourth-order valence-corrected chi connectivity index (χ4v) is 6.33. The summed E-state index contributed by atoms with van der Waals surface area (Å²) in [6.45, 7) is 9.77. The SMILES string of the molecule is Cc1ccnc(C(C)C)c1Cn1c(=O)nc(N2CCN(C(=O)/C=C/CN(C)C)C[C@@H]2C)c2cc(F)c(-c3c(F)ccc4ccoc34)nc21. The summed E-state index contributed by atoms with van der Waals surface area (Å²) in [7, 11) is 3.85. The van der Waals surface area contributed by atoms with E-state index in [-0.39, 0.29) is 52.7 Å². The summed E-state index contributed by atoms with van der Waals surface area (Å²) in [5.41, 5.74) is 1.91. The van der Waals surface area contributed by atoms with Gasteiger partial charge in [-0.15, -0.1) is 0 Å². The summed E-state index contributed by atoms with van der Waals surface area (Å²) in [4.78, 5) is 46.3. The van der Waals surface area contributed by atoms with Gasteiger partial charge in [-0.05, 0) is 75.3 Å². The fourth-order valence-electron chi connectivity index (χ4n) is 6.33. The Bertz CT molecular complexity index is 2100. The smallest absolute Gasteiger partial charge is 0.351 e. The molecule has 1 aliphatic rings. The third kappa shape index (κ3) is 6.19. The predicted molar refractivity (Wildman–Crippen MR) is 182 cm³/mol. The maximum atomic E-state index is 16.2. The number of aromatic nitrogens is 4. The monoisotopic (exact) mass is 655 g/mol. The number of aryl methyl sites for hydroxylation is 1. The van der Waals surface area contributed by atoms with Gasteiger partial charge in [-0.3, -0.25) is 14.3 Å². The van der Waals surface area contributed by atoms with Crippen LogP contribution in [0.3, 0.4) is 0 Å². The summed E-state index contributed by atoms with van der Waals surface area (Å²) in [5.74, 6) is -1.26. The zero-order chi connectivity index (χ0) is 34.3. The first-order valence-electron chi connectivity index (χ1n) is 16.0. The summed E-state index contributed by atoms with van der Waals surface area (Å²) in [5, 5.41) is 0.888. The fraction of sp³-hybridized carbons (Fsp3) is 0.361. The molecule has 10 nitrogen and oxygen atoms in total. The molecule has 0 bridgehead atoms. The first kappa shape index (κ1) is 33.0. The number of amides is 1. The van der Waals surface area contributed by atoms with E-state index in [1.165, 1.54) is 23.0 Å². The van der Waals surface area contributed by atoms with Crippen molar-refractivity contribution in [3.8, 4) is 11.3 Å². The highest BCUT2D eigenvalue weighted by Gasteiger charge is 2.30. The van der Waals surface area contributed by atoms with Gasteiger partial charge in [0.2, 0.25) is 5.91 Å². The lowest BCUT2D eigenvalue weighted by molar-refractivity contribution is -0.126. The van der Waals surface area contributed by atoms with Crippen LogP contribution >= 0.6 is 0 Å². The molecular formula is C36H39F2N7O3. The zero-order valence-electron chi connectivity index (χ0n) is 28.0. The number of nitrogens with zero attached hydrogens (tertiary/aromatic N) is 7. The van der Waals surface area contributed by atoms with E-state index in [1.54, 1.807) is 29.3 Å². The number of rotatable bonds is 8. The molecule has 6 rings (SSSR count). The second-order valence-corrected chi connectivity index (χ2v) is 12.9. The molecule has 1 aliphatic heterocycles. The maximum Gasteiger partial charge on any atom is 0.351 e. The molecule has 0 radical (unpaired) electrons. The third-order valence-corrected chi connectivity index (χ3v) is 8.82. The van der Waals surface area contributed by atoms with E-state index in [2.05, 4.69) is 9.97 Å². The van der Waals surface area contributed by atoms with Crippen molar-refractivity contribution in [2.45, 2.75) is 46.2 Å². The number of piperazine rings is 1. The van der Waals surface area contributed by atoms with Crippen molar-refractivity contribution in [3.05, 3.63) is 93.9 Å². The van der Waals surface area contributed by atoms with Crippen LogP contribution in [0.25, 0.3) is 33.3 Å². The Hall–Kier alpha value is -4.97. The topological polar surface area (TPSA) is 101 Å². The average Bonchev–Trinajstić information content (AvgIpc) is 3.52. The number of halogens is 2. The Morgan fingerprint density at radius 2 is 1.92 bits per heavy atom. The van der Waals surface area contributed by atoms with Crippen molar-refractivity contribution in [2.24, 2.45) is 0 Å². The molecule has 48 heavy (non-hydrogen) atoms. The van der Waals surface area contributed by atoms with Gasteiger partial charge in [-0.1, -0.05) is 19.9 Å². The van der Waals surface area contributed by atoms with Crippen LogP contribution in [0.1, 0.15) is 43.5 Å². The third-order valence-electron chi connectivity index (χ3n) is 8.82. The highest BCUT2D eigenvalue weighted by Crippen LogP contribution is 2.36. The molecule has 4 aromatic heterocycles. The first-order chi connectivity index (χ1) is 22.9. The van der Waals surface area contributed by atoms with Gasteiger partial charge in [-0.2, -0.15) is 4.98 Å². The van der Waals surface area contributed by atoms with Crippen LogP contribution in [0.5, 0.6) is 0 Å². The van der Waals surface area contributed by atoms with Gasteiger partial charge in [0.05, 0.1) is 23.8 Å². The van der Waals surface area contributed by atoms with Gasteiger partial charge >= 0.3 is 5.69 Å². The molecule has 1 fully saturated rings. The van der Waals surface area contributed by atoms with E-state index < -0.39 is 17.3 Å². The van der Waals surface area contributed by atoms with Crippen LogP contribution < -0.4 is 10.6 Å². The molecule has 1 amide bonds. The lowest BCUT2D eigenvalue weighted by Crippen LogP contribution is -2.54. The molecule has 0 unspecified atom stereocenters. The highest BCUT2D eigenvalue weighted by molar-refractivity contribution is 5.95. The Morgan fingerprint density at radius 1 is 1.12 bits per heavy atom. The molecule has 1 aromatic carbocycles. The largest absolute Gasteiger partial charge is 0.464 e. The van der Waals surface area contributed by atoms with Crippen LogP contribution in [0.2, 0.25) is 0 Å². The number of likely N-dealkylation sites (N-methyl/N-ethyl adjacent to an activating group) is 1. The van der Waals surface area contributed by atoms with Crippen molar-refractivity contribution in [2.75, 3.05) is 45.2 Å². The Morgan fingerprint density at radius 3 is 2.65 bits per heavy atom. The second kappa shape index (κ2) is 13.3. The van der Waals surface area contributed by atoms with Gasteiger partial charge in [0, 0.05) is 55.6 Å². The first-order valence-corrected chi connectivity index (χ1v) is 16.0. The molecule has 1 atom stereocenters. The quantitative estimate of drug-likeness (QED) is 0.202. The minimum atomic E-state index is -0.786. The van der Waals surface area contributed by atoms with Crippen LogP contribution in [-0.2, 0) is 11.3 Å². The molecular weight excluding hydrogens is 616 g/mol. The van der Waals surface area contributed by atoms with Crippen molar-refractivity contribution in [3.63, 3.8) is 0 Å². The molecule has 0 aliphatic carbocycles. The van der Waals surface area contributed by atoms with Gasteiger partial charge in [0.15, 0.2) is 5.82 Å². The molecule has 0 saturated carbocycles. The van der Waals surface area contributed by atoms with Crippen molar-refractivity contribution < 1.29 is 18.0 Å². The Labute approximate surface area is 277 Å². The summed E-state index contributed by atoms with van der Waals surface area (Å²) >= 11 is 0. The highest BCUT2D eigenvalue weighted by atomic mass is 19.1. The van der Waals surface area contributed by atoms with Crippen molar-refractivity contribution >= 4 is 33.7 Å². The van der Waals surface area contributed by atoms with Gasteiger partial charge < -0.3 is 19.1 Å². The average molecular weight is 656 g/mol.